The zero-order valence-electron chi connectivity index (χ0n) is 25.8. The van der Waals surface area contributed by atoms with Crippen molar-refractivity contribution in [1.82, 2.24) is 30.4 Å². The van der Waals surface area contributed by atoms with E-state index in [0.717, 1.165) is 83.2 Å². The zero-order valence-corrected chi connectivity index (χ0v) is 26.6. The molecule has 2 aromatic rings. The molecule has 1 aromatic carbocycles. The maximum atomic E-state index is 12.5. The van der Waals surface area contributed by atoms with Crippen molar-refractivity contribution >= 4 is 35.1 Å². The van der Waals surface area contributed by atoms with Gasteiger partial charge in [0, 0.05) is 55.9 Å². The van der Waals surface area contributed by atoms with E-state index in [1.807, 2.05) is 12.1 Å². The number of anilines is 2. The number of carbonyl (C=O) groups is 2. The molecule has 4 fully saturated rings. The van der Waals surface area contributed by atoms with Gasteiger partial charge in [0.25, 0.3) is 11.8 Å². The summed E-state index contributed by atoms with van der Waals surface area (Å²) >= 11 is 6.56. The fraction of sp³-hybridized carbons (Fsp3) is 0.594. The van der Waals surface area contributed by atoms with Crippen molar-refractivity contribution in [2.24, 2.45) is 0 Å². The molecule has 3 heterocycles. The van der Waals surface area contributed by atoms with Crippen LogP contribution in [-0.2, 0) is 11.3 Å². The topological polar surface area (TPSA) is 153 Å². The maximum absolute atomic E-state index is 12.5. The van der Waals surface area contributed by atoms with Gasteiger partial charge in [0.1, 0.15) is 5.75 Å². The van der Waals surface area contributed by atoms with Crippen molar-refractivity contribution < 1.29 is 14.3 Å². The van der Waals surface area contributed by atoms with Gasteiger partial charge in [-0.05, 0) is 70.2 Å². The number of benzene rings is 1. The molecule has 2 aliphatic heterocycles. The number of likely N-dealkylation sites (tertiary alicyclic amines) is 1. The van der Waals surface area contributed by atoms with Crippen LogP contribution in [0.2, 0.25) is 5.15 Å². The third-order valence-corrected chi connectivity index (χ3v) is 9.46. The first kappa shape index (κ1) is 31.3. The van der Waals surface area contributed by atoms with Gasteiger partial charge in [0.15, 0.2) is 29.1 Å². The summed E-state index contributed by atoms with van der Waals surface area (Å²) in [6.07, 6.45) is 7.08. The Morgan fingerprint density at radius 2 is 1.80 bits per heavy atom. The van der Waals surface area contributed by atoms with Gasteiger partial charge in [-0.25, -0.2) is 9.97 Å². The van der Waals surface area contributed by atoms with Crippen LogP contribution >= 0.6 is 11.6 Å². The number of amides is 2. The summed E-state index contributed by atoms with van der Waals surface area (Å²) in [6.45, 7) is 7.14. The van der Waals surface area contributed by atoms with E-state index in [2.05, 4.69) is 48.3 Å². The van der Waals surface area contributed by atoms with Gasteiger partial charge >= 0.3 is 0 Å². The lowest BCUT2D eigenvalue weighted by Gasteiger charge is -2.47. The first-order valence-corrected chi connectivity index (χ1v) is 16.5. The normalized spacial score (nSPS) is 21.3. The number of nitrogen functional groups attached to an aromatic ring is 1. The van der Waals surface area contributed by atoms with E-state index in [-0.39, 0.29) is 47.2 Å². The van der Waals surface area contributed by atoms with Crippen molar-refractivity contribution in [3.05, 3.63) is 40.2 Å². The van der Waals surface area contributed by atoms with E-state index >= 15 is 0 Å². The Kier molecular flexibility index (Phi) is 9.58. The molecule has 2 saturated carbocycles. The lowest BCUT2D eigenvalue weighted by Crippen LogP contribution is -2.58. The monoisotopic (exact) mass is 635 g/mol. The maximum Gasteiger partial charge on any atom is 0.274 e. The van der Waals surface area contributed by atoms with E-state index in [1.54, 1.807) is 6.07 Å². The second kappa shape index (κ2) is 13.8. The predicted octanol–water partition coefficient (Wildman–Crippen LogP) is 2.70. The highest BCUT2D eigenvalue weighted by molar-refractivity contribution is 6.32. The average molecular weight is 636 g/mol. The lowest BCUT2D eigenvalue weighted by atomic mass is 9.97. The summed E-state index contributed by atoms with van der Waals surface area (Å²) in [7, 11) is 0. The van der Waals surface area contributed by atoms with Crippen LogP contribution < -0.4 is 26.0 Å². The minimum Gasteiger partial charge on any atom is -0.483 e. The Morgan fingerprint density at radius 1 is 1.07 bits per heavy atom. The number of hydrogen-bond acceptors (Lipinski definition) is 10. The van der Waals surface area contributed by atoms with Crippen LogP contribution in [0.5, 0.6) is 5.75 Å². The van der Waals surface area contributed by atoms with Gasteiger partial charge in [-0.3, -0.25) is 19.4 Å². The lowest BCUT2D eigenvalue weighted by molar-refractivity contribution is -0.123. The van der Waals surface area contributed by atoms with Crippen molar-refractivity contribution in [2.75, 3.05) is 50.0 Å². The zero-order chi connectivity index (χ0) is 31.5. The fourth-order valence-electron chi connectivity index (χ4n) is 6.35. The number of nitrogens with one attached hydrogen (secondary N) is 2. The number of nitrogens with two attached hydrogens (primary N) is 1. The van der Waals surface area contributed by atoms with Crippen molar-refractivity contribution in [2.45, 2.75) is 82.6 Å². The first-order valence-electron chi connectivity index (χ1n) is 16.1. The highest BCUT2D eigenvalue weighted by Gasteiger charge is 2.35. The number of hydrogen-bond donors (Lipinski definition) is 3. The fourth-order valence-corrected chi connectivity index (χ4v) is 6.60. The number of nitrogens with zero attached hydrogens (tertiary/aromatic N) is 6. The van der Waals surface area contributed by atoms with Crippen LogP contribution in [-0.4, -0.2) is 95.1 Å². The van der Waals surface area contributed by atoms with Crippen molar-refractivity contribution in [1.29, 1.82) is 5.26 Å². The quantitative estimate of drug-likeness (QED) is 0.336. The number of nitriles is 1. The van der Waals surface area contributed by atoms with E-state index in [1.165, 1.54) is 0 Å². The molecule has 1 atom stereocenters. The summed E-state index contributed by atoms with van der Waals surface area (Å²) in [5.74, 6) is 0.799. The van der Waals surface area contributed by atoms with Gasteiger partial charge in [0.05, 0.1) is 11.6 Å². The van der Waals surface area contributed by atoms with Gasteiger partial charge in [0.2, 0.25) is 0 Å². The van der Waals surface area contributed by atoms with Crippen LogP contribution in [0.1, 0.15) is 73.5 Å². The molecule has 6 rings (SSSR count). The summed E-state index contributed by atoms with van der Waals surface area (Å²) in [5, 5.41) is 15.5. The molecular formula is C32H42ClN9O3. The summed E-state index contributed by atoms with van der Waals surface area (Å²) < 4.78 is 5.91. The van der Waals surface area contributed by atoms with Crippen molar-refractivity contribution in [3.63, 3.8) is 0 Å². The molecule has 45 heavy (non-hydrogen) atoms. The number of aromatic nitrogens is 2. The number of ether oxygens (including phenoxy) is 1. The highest BCUT2D eigenvalue weighted by atomic mass is 35.5. The molecule has 0 spiro atoms. The van der Waals surface area contributed by atoms with Gasteiger partial charge in [-0.1, -0.05) is 24.6 Å². The van der Waals surface area contributed by atoms with Crippen LogP contribution in [0.15, 0.2) is 18.2 Å². The average Bonchev–Trinajstić information content (AvgIpc) is 3.99. The Bertz CT molecular complexity index is 1450. The molecule has 13 heteroatoms. The Balaban J connectivity index is 1.03. The smallest absolute Gasteiger partial charge is 0.274 e. The van der Waals surface area contributed by atoms with Gasteiger partial charge < -0.3 is 26.0 Å². The molecule has 1 aromatic heterocycles. The third-order valence-electron chi connectivity index (χ3n) is 9.21. The minimum atomic E-state index is -0.322. The summed E-state index contributed by atoms with van der Waals surface area (Å²) in [6, 6.07) is 8.94. The molecule has 0 bridgehead atoms. The molecule has 2 amide bonds. The Labute approximate surface area is 269 Å². The number of rotatable bonds is 11. The van der Waals surface area contributed by atoms with Crippen LogP contribution in [0.4, 0.5) is 11.6 Å². The second-order valence-electron chi connectivity index (χ2n) is 12.6. The van der Waals surface area contributed by atoms with Gasteiger partial charge in [-0.15, -0.1) is 0 Å². The molecule has 4 N–H and O–H groups in total. The van der Waals surface area contributed by atoms with Crippen LogP contribution in [0, 0.1) is 11.3 Å². The molecule has 240 valence electrons. The molecule has 12 nitrogen and oxygen atoms in total. The number of carbonyl (C=O) groups excluding carboxylic acids is 2. The Morgan fingerprint density at radius 3 is 2.49 bits per heavy atom. The summed E-state index contributed by atoms with van der Waals surface area (Å²) in [5.41, 5.74) is 7.77. The molecule has 0 unspecified atom stereocenters. The van der Waals surface area contributed by atoms with E-state index in [0.29, 0.717) is 35.8 Å². The predicted molar refractivity (Wildman–Crippen MR) is 171 cm³/mol. The van der Waals surface area contributed by atoms with Gasteiger partial charge in [-0.2, -0.15) is 5.26 Å². The molecule has 2 saturated heterocycles. The molecule has 4 aliphatic rings. The van der Waals surface area contributed by atoms with E-state index in [4.69, 9.17) is 22.1 Å². The van der Waals surface area contributed by atoms with Crippen molar-refractivity contribution in [3.8, 4) is 11.8 Å². The standard InChI is InChI=1S/C32H42ClN9O3/c1-2-24-18-41(31-29(33)38-28(30(35)39-31)32(44)37-23-7-8-23)13-14-42(24)25-9-11-40(12-10-25)17-21-4-3-20(16-34)15-26(21)45-19-27(43)36-22-5-6-22/h3-4,15,22-25H,2,5-14,17-19H2,1H3,(H2,35,39)(H,36,43)(H,37,44)/t24-/m0/s1. The van der Waals surface area contributed by atoms with Crippen LogP contribution in [0.25, 0.3) is 0 Å². The molecular weight excluding hydrogens is 594 g/mol. The molecule has 0 radical (unpaired) electrons. The number of piperazine rings is 1. The number of piperidine rings is 1. The highest BCUT2D eigenvalue weighted by Crippen LogP contribution is 2.31. The largest absolute Gasteiger partial charge is 0.483 e. The SMILES string of the molecule is CC[C@H]1CN(c2nc(N)c(C(=O)NC3CC3)nc2Cl)CCN1C1CCN(Cc2ccc(C#N)cc2OCC(=O)NC2CC2)CC1. The van der Waals surface area contributed by atoms with E-state index < -0.39 is 0 Å². The Hall–Kier alpha value is -3.66. The second-order valence-corrected chi connectivity index (χ2v) is 13.0. The van der Waals surface area contributed by atoms with E-state index in [9.17, 15) is 14.9 Å². The summed E-state index contributed by atoms with van der Waals surface area (Å²) in [4.78, 5) is 40.8. The number of halogens is 1. The molecule has 2 aliphatic carbocycles. The minimum absolute atomic E-state index is 0.0475. The van der Waals surface area contributed by atoms with Crippen LogP contribution in [0.3, 0.4) is 0 Å². The first-order chi connectivity index (χ1) is 21.8. The third kappa shape index (κ3) is 7.77.